The number of nitrogens with two attached hydrogens (primary N) is 1. The van der Waals surface area contributed by atoms with Gasteiger partial charge < -0.3 is 10.5 Å². The second-order valence-electron chi connectivity index (χ2n) is 4.47. The van der Waals surface area contributed by atoms with Crippen LogP contribution in [0.25, 0.3) is 10.9 Å². The minimum atomic E-state index is -0.269. The van der Waals surface area contributed by atoms with Gasteiger partial charge in [-0.05, 0) is 42.0 Å². The van der Waals surface area contributed by atoms with Gasteiger partial charge in [0.05, 0.1) is 11.2 Å². The molecule has 100 valence electrons. The summed E-state index contributed by atoms with van der Waals surface area (Å²) >= 11 is 0. The number of nitrogen functional groups attached to an aromatic ring is 1. The van der Waals surface area contributed by atoms with Crippen LogP contribution in [-0.2, 0) is 6.61 Å². The Hall–Kier alpha value is -2.62. The van der Waals surface area contributed by atoms with Crippen LogP contribution in [0.2, 0.25) is 0 Å². The molecule has 0 bridgehead atoms. The molecule has 0 aliphatic heterocycles. The lowest BCUT2D eigenvalue weighted by Gasteiger charge is -2.10. The van der Waals surface area contributed by atoms with Crippen molar-refractivity contribution < 1.29 is 9.13 Å². The molecule has 3 aromatic rings. The molecule has 0 saturated carbocycles. The monoisotopic (exact) mass is 268 g/mol. The largest absolute Gasteiger partial charge is 0.488 e. The topological polar surface area (TPSA) is 48.1 Å². The summed E-state index contributed by atoms with van der Waals surface area (Å²) in [5.74, 6) is 0.418. The van der Waals surface area contributed by atoms with E-state index in [-0.39, 0.29) is 5.82 Å². The highest BCUT2D eigenvalue weighted by Gasteiger charge is 2.06. The van der Waals surface area contributed by atoms with E-state index >= 15 is 0 Å². The highest BCUT2D eigenvalue weighted by atomic mass is 19.1. The molecule has 0 unspecified atom stereocenters. The zero-order valence-corrected chi connectivity index (χ0v) is 10.7. The molecule has 1 heterocycles. The fourth-order valence-corrected chi connectivity index (χ4v) is 2.08. The van der Waals surface area contributed by atoms with Gasteiger partial charge in [0.1, 0.15) is 18.2 Å². The minimum Gasteiger partial charge on any atom is -0.488 e. The van der Waals surface area contributed by atoms with Crippen molar-refractivity contribution in [1.82, 2.24) is 4.98 Å². The minimum absolute atomic E-state index is 0.269. The smallest absolute Gasteiger partial charge is 0.129 e. The summed E-state index contributed by atoms with van der Waals surface area (Å²) in [6.07, 6.45) is 1.69. The van der Waals surface area contributed by atoms with Crippen molar-refractivity contribution in [3.05, 3.63) is 66.1 Å². The van der Waals surface area contributed by atoms with E-state index in [1.807, 2.05) is 18.2 Å². The van der Waals surface area contributed by atoms with E-state index in [9.17, 15) is 4.39 Å². The van der Waals surface area contributed by atoms with E-state index in [1.165, 1.54) is 12.1 Å². The summed E-state index contributed by atoms with van der Waals surface area (Å²) < 4.78 is 18.9. The van der Waals surface area contributed by atoms with Crippen molar-refractivity contribution in [2.45, 2.75) is 6.61 Å². The number of fused-ring (bicyclic) bond motifs is 1. The Morgan fingerprint density at radius 2 is 2.00 bits per heavy atom. The van der Waals surface area contributed by atoms with Gasteiger partial charge in [-0.3, -0.25) is 4.98 Å². The SMILES string of the molecule is Nc1ccc(OCc2cccc(F)c2)c2cccnc12. The molecule has 2 aromatic carbocycles. The third kappa shape index (κ3) is 2.40. The normalized spacial score (nSPS) is 10.7. The van der Waals surface area contributed by atoms with Gasteiger partial charge in [-0.15, -0.1) is 0 Å². The van der Waals surface area contributed by atoms with Gasteiger partial charge in [0.15, 0.2) is 0 Å². The molecule has 2 N–H and O–H groups in total. The first kappa shape index (κ1) is 12.4. The molecule has 0 radical (unpaired) electrons. The average molecular weight is 268 g/mol. The number of anilines is 1. The molecule has 0 aliphatic carbocycles. The van der Waals surface area contributed by atoms with Crippen molar-refractivity contribution in [3.63, 3.8) is 0 Å². The van der Waals surface area contributed by atoms with Crippen molar-refractivity contribution in [3.8, 4) is 5.75 Å². The Kier molecular flexibility index (Phi) is 3.21. The summed E-state index contributed by atoms with van der Waals surface area (Å²) in [5.41, 5.74) is 7.98. The van der Waals surface area contributed by atoms with Gasteiger partial charge >= 0.3 is 0 Å². The number of rotatable bonds is 3. The number of halogens is 1. The number of hydrogen-bond acceptors (Lipinski definition) is 3. The zero-order chi connectivity index (χ0) is 13.9. The molecule has 0 saturated heterocycles. The molecule has 0 aliphatic rings. The molecule has 0 amide bonds. The summed E-state index contributed by atoms with van der Waals surface area (Å²) in [4.78, 5) is 4.25. The van der Waals surface area contributed by atoms with Crippen LogP contribution in [-0.4, -0.2) is 4.98 Å². The molecule has 1 aromatic heterocycles. The maximum Gasteiger partial charge on any atom is 0.129 e. The van der Waals surface area contributed by atoms with Crippen LogP contribution in [0, 0.1) is 5.82 Å². The third-order valence-electron chi connectivity index (χ3n) is 3.04. The first-order chi connectivity index (χ1) is 9.74. The maximum absolute atomic E-state index is 13.1. The molecule has 0 atom stereocenters. The summed E-state index contributed by atoms with van der Waals surface area (Å²) in [7, 11) is 0. The lowest BCUT2D eigenvalue weighted by molar-refractivity contribution is 0.309. The first-order valence-electron chi connectivity index (χ1n) is 6.24. The molecular formula is C16H13FN2O. The van der Waals surface area contributed by atoms with Crippen LogP contribution in [0.5, 0.6) is 5.75 Å². The van der Waals surface area contributed by atoms with Crippen LogP contribution in [0.1, 0.15) is 5.56 Å². The van der Waals surface area contributed by atoms with E-state index in [0.29, 0.717) is 23.6 Å². The highest BCUT2D eigenvalue weighted by molar-refractivity contribution is 5.93. The number of hydrogen-bond donors (Lipinski definition) is 1. The Morgan fingerprint density at radius 3 is 2.85 bits per heavy atom. The Balaban J connectivity index is 1.90. The van der Waals surface area contributed by atoms with Crippen LogP contribution >= 0.6 is 0 Å². The van der Waals surface area contributed by atoms with Gasteiger partial charge in [-0.25, -0.2) is 4.39 Å². The van der Waals surface area contributed by atoms with Crippen LogP contribution in [0.4, 0.5) is 10.1 Å². The summed E-state index contributed by atoms with van der Waals surface area (Å²) in [6.45, 7) is 0.297. The zero-order valence-electron chi connectivity index (χ0n) is 10.7. The fourth-order valence-electron chi connectivity index (χ4n) is 2.08. The molecule has 3 nitrogen and oxygen atoms in total. The maximum atomic E-state index is 13.1. The number of aromatic nitrogens is 1. The lowest BCUT2D eigenvalue weighted by Crippen LogP contribution is -1.98. The van der Waals surface area contributed by atoms with E-state index in [0.717, 1.165) is 10.9 Å². The van der Waals surface area contributed by atoms with E-state index in [2.05, 4.69) is 4.98 Å². The number of pyridine rings is 1. The first-order valence-corrected chi connectivity index (χ1v) is 6.24. The Bertz CT molecular complexity index is 758. The van der Waals surface area contributed by atoms with Gasteiger partial charge in [-0.1, -0.05) is 12.1 Å². The van der Waals surface area contributed by atoms with Crippen LogP contribution < -0.4 is 10.5 Å². The summed E-state index contributed by atoms with van der Waals surface area (Å²) in [5, 5.41) is 0.851. The predicted octanol–water partition coefficient (Wildman–Crippen LogP) is 3.54. The van der Waals surface area contributed by atoms with Crippen molar-refractivity contribution >= 4 is 16.6 Å². The molecule has 20 heavy (non-hydrogen) atoms. The Labute approximate surface area is 115 Å². The quantitative estimate of drug-likeness (QED) is 0.739. The standard InChI is InChI=1S/C16H13FN2O/c17-12-4-1-3-11(9-12)10-20-15-7-6-14(18)16-13(15)5-2-8-19-16/h1-9H,10,18H2. The molecule has 4 heteroatoms. The second kappa shape index (κ2) is 5.17. The lowest BCUT2D eigenvalue weighted by atomic mass is 10.1. The number of nitrogens with zero attached hydrogens (tertiary/aromatic N) is 1. The van der Waals surface area contributed by atoms with Gasteiger partial charge in [0, 0.05) is 11.6 Å². The molecule has 0 spiro atoms. The molecule has 3 rings (SSSR count). The number of benzene rings is 2. The van der Waals surface area contributed by atoms with E-state index < -0.39 is 0 Å². The van der Waals surface area contributed by atoms with Crippen LogP contribution in [0.15, 0.2) is 54.7 Å². The third-order valence-corrected chi connectivity index (χ3v) is 3.04. The summed E-state index contributed by atoms with van der Waals surface area (Å²) in [6, 6.07) is 13.6. The van der Waals surface area contributed by atoms with Crippen molar-refractivity contribution in [2.24, 2.45) is 0 Å². The fraction of sp³-hybridized carbons (Fsp3) is 0.0625. The van der Waals surface area contributed by atoms with E-state index in [1.54, 1.807) is 24.4 Å². The van der Waals surface area contributed by atoms with Gasteiger partial charge in [-0.2, -0.15) is 0 Å². The van der Waals surface area contributed by atoms with Gasteiger partial charge in [0.2, 0.25) is 0 Å². The second-order valence-corrected chi connectivity index (χ2v) is 4.47. The van der Waals surface area contributed by atoms with Gasteiger partial charge in [0.25, 0.3) is 0 Å². The Morgan fingerprint density at radius 1 is 1.10 bits per heavy atom. The molecular weight excluding hydrogens is 255 g/mol. The highest BCUT2D eigenvalue weighted by Crippen LogP contribution is 2.28. The number of ether oxygens (including phenoxy) is 1. The van der Waals surface area contributed by atoms with Crippen LogP contribution in [0.3, 0.4) is 0 Å². The average Bonchev–Trinajstić information content (AvgIpc) is 2.47. The predicted molar refractivity (Wildman–Crippen MR) is 76.9 cm³/mol. The molecule has 0 fully saturated rings. The van der Waals surface area contributed by atoms with Crippen molar-refractivity contribution in [2.75, 3.05) is 5.73 Å². The van der Waals surface area contributed by atoms with Crippen molar-refractivity contribution in [1.29, 1.82) is 0 Å². The van der Waals surface area contributed by atoms with E-state index in [4.69, 9.17) is 10.5 Å².